The van der Waals surface area contributed by atoms with Gasteiger partial charge in [-0.2, -0.15) is 0 Å². The molecular weight excluding hydrogens is 544 g/mol. The summed E-state index contributed by atoms with van der Waals surface area (Å²) in [7, 11) is 3.16. The first-order valence-corrected chi connectivity index (χ1v) is 14.4. The van der Waals surface area contributed by atoms with Gasteiger partial charge in [0.15, 0.2) is 17.1 Å². The molecule has 2 fully saturated rings. The van der Waals surface area contributed by atoms with Crippen LogP contribution in [0.1, 0.15) is 54.9 Å². The number of allylic oxidation sites excluding steroid dienone is 1. The zero-order valence-corrected chi connectivity index (χ0v) is 23.8. The summed E-state index contributed by atoms with van der Waals surface area (Å²) < 4.78 is 0. The van der Waals surface area contributed by atoms with E-state index in [1.807, 2.05) is 6.92 Å². The molecular formula is C30H36N4O8. The quantitative estimate of drug-likeness (QED) is 0.201. The number of hydrogen-bond acceptors (Lipinski definition) is 10. The number of aliphatic hydroxyl groups is 3. The smallest absolute Gasteiger partial charge is 0.255 e. The zero-order valence-electron chi connectivity index (χ0n) is 23.8. The molecule has 1 aromatic carbocycles. The highest BCUT2D eigenvalue weighted by Crippen LogP contribution is 2.52. The molecule has 5 aliphatic carbocycles. The maximum Gasteiger partial charge on any atom is 0.255 e. The molecule has 12 nitrogen and oxygen atoms in total. The molecule has 0 saturated heterocycles. The van der Waals surface area contributed by atoms with Gasteiger partial charge in [0.1, 0.15) is 17.1 Å². The highest BCUT2D eigenvalue weighted by molar-refractivity contribution is 6.25. The summed E-state index contributed by atoms with van der Waals surface area (Å²) in [6, 6.07) is 2.47. The number of carbonyl (C=O) groups is 4. The molecule has 6 rings (SSSR count). The lowest BCUT2D eigenvalue weighted by atomic mass is 9.58. The van der Waals surface area contributed by atoms with E-state index in [-0.39, 0.29) is 35.6 Å². The van der Waals surface area contributed by atoms with Crippen LogP contribution in [0.25, 0.3) is 0 Å². The molecule has 5 aliphatic rings. The molecule has 0 heterocycles. The van der Waals surface area contributed by atoms with Crippen molar-refractivity contribution in [1.29, 1.82) is 0 Å². The van der Waals surface area contributed by atoms with Gasteiger partial charge in [0.25, 0.3) is 5.91 Å². The minimum absolute atomic E-state index is 0.0146. The van der Waals surface area contributed by atoms with Crippen molar-refractivity contribution in [2.45, 2.75) is 75.2 Å². The first-order chi connectivity index (χ1) is 19.8. The van der Waals surface area contributed by atoms with Crippen LogP contribution in [0.4, 0.5) is 5.69 Å². The van der Waals surface area contributed by atoms with Crippen LogP contribution in [0, 0.1) is 11.8 Å². The third-order valence-corrected chi connectivity index (χ3v) is 9.62. The van der Waals surface area contributed by atoms with Gasteiger partial charge in [-0.15, -0.1) is 0 Å². The van der Waals surface area contributed by atoms with E-state index in [9.17, 15) is 39.6 Å². The van der Waals surface area contributed by atoms with E-state index in [0.717, 1.165) is 25.7 Å². The van der Waals surface area contributed by atoms with Crippen molar-refractivity contribution >= 4 is 29.1 Å². The lowest BCUT2D eigenvalue weighted by Gasteiger charge is -2.50. The topological polar surface area (TPSA) is 194 Å². The maximum absolute atomic E-state index is 13.9. The number of rotatable bonds is 7. The number of carbonyl (C=O) groups excluding carboxylic acids is 4. The molecule has 2 saturated carbocycles. The fraction of sp³-hybridized carbons (Fsp3) is 0.533. The minimum atomic E-state index is -2.70. The van der Waals surface area contributed by atoms with Crippen LogP contribution in [0.5, 0.6) is 5.75 Å². The fourth-order valence-electron chi connectivity index (χ4n) is 7.37. The van der Waals surface area contributed by atoms with Gasteiger partial charge in [-0.05, 0) is 77.1 Å². The number of primary amides is 1. The molecule has 224 valence electrons. The van der Waals surface area contributed by atoms with Gasteiger partial charge in [-0.25, -0.2) is 0 Å². The number of ketones is 2. The van der Waals surface area contributed by atoms with E-state index < -0.39 is 69.8 Å². The fourth-order valence-corrected chi connectivity index (χ4v) is 7.37. The summed E-state index contributed by atoms with van der Waals surface area (Å²) in [5, 5.41) is 48.0. The molecule has 7 N–H and O–H groups in total. The summed E-state index contributed by atoms with van der Waals surface area (Å²) in [5.41, 5.74) is 1.97. The molecule has 1 aromatic rings. The normalized spacial score (nSPS) is 29.8. The van der Waals surface area contributed by atoms with Crippen LogP contribution in [0.3, 0.4) is 0 Å². The Morgan fingerprint density at radius 3 is 2.24 bits per heavy atom. The van der Waals surface area contributed by atoms with Crippen molar-refractivity contribution < 1.29 is 39.6 Å². The lowest BCUT2D eigenvalue weighted by molar-refractivity contribution is -0.148. The van der Waals surface area contributed by atoms with Crippen LogP contribution in [-0.4, -0.2) is 97.5 Å². The molecule has 0 aliphatic heterocycles. The molecule has 0 bridgehead atoms. The number of aliphatic hydroxyl groups excluding tert-OH is 2. The molecule has 5 atom stereocenters. The predicted octanol–water partition coefficient (Wildman–Crippen LogP) is 1.07. The number of phenolic OH excluding ortho intramolecular Hbond substituents is 1. The third-order valence-electron chi connectivity index (χ3n) is 9.62. The number of amides is 2. The van der Waals surface area contributed by atoms with Crippen LogP contribution in [-0.2, 0) is 20.8 Å². The van der Waals surface area contributed by atoms with Crippen molar-refractivity contribution in [2.75, 3.05) is 19.4 Å². The number of aromatic hydroxyl groups is 1. The van der Waals surface area contributed by atoms with Gasteiger partial charge in [0.05, 0.1) is 23.3 Å². The second kappa shape index (κ2) is 9.65. The van der Waals surface area contributed by atoms with E-state index in [1.165, 1.54) is 4.90 Å². The molecule has 42 heavy (non-hydrogen) atoms. The van der Waals surface area contributed by atoms with Crippen LogP contribution in [0.15, 0.2) is 34.8 Å². The van der Waals surface area contributed by atoms with E-state index >= 15 is 0 Å². The third kappa shape index (κ3) is 4.07. The van der Waals surface area contributed by atoms with Gasteiger partial charge in [0, 0.05) is 23.6 Å². The van der Waals surface area contributed by atoms with Crippen molar-refractivity contribution in [3.05, 3.63) is 45.9 Å². The van der Waals surface area contributed by atoms with Gasteiger partial charge in [0.2, 0.25) is 11.7 Å². The number of hydrogen-bond donors (Lipinski definition) is 6. The highest BCUT2D eigenvalue weighted by Gasteiger charge is 2.63. The second-order valence-electron chi connectivity index (χ2n) is 12.5. The zero-order chi connectivity index (χ0) is 30.4. The summed E-state index contributed by atoms with van der Waals surface area (Å²) in [4.78, 5) is 56.4. The average molecular weight is 581 g/mol. The summed E-state index contributed by atoms with van der Waals surface area (Å²) in [6.45, 7) is 1.83. The van der Waals surface area contributed by atoms with E-state index in [1.54, 1.807) is 26.2 Å². The number of nitrogens with one attached hydrogen (secondary N) is 1. The predicted molar refractivity (Wildman–Crippen MR) is 150 cm³/mol. The van der Waals surface area contributed by atoms with Crippen molar-refractivity contribution in [3.8, 4) is 5.75 Å². The van der Waals surface area contributed by atoms with Gasteiger partial charge in [-0.1, -0.05) is 6.07 Å². The Morgan fingerprint density at radius 2 is 1.69 bits per heavy atom. The summed E-state index contributed by atoms with van der Waals surface area (Å²) >= 11 is 0. The molecule has 0 aromatic heterocycles. The largest absolute Gasteiger partial charge is 0.510 e. The summed E-state index contributed by atoms with van der Waals surface area (Å²) in [6.07, 6.45) is 4.40. The van der Waals surface area contributed by atoms with E-state index in [2.05, 4.69) is 10.2 Å². The number of nitrogens with two attached hydrogens (primary N) is 1. The Balaban J connectivity index is 1.36. The standard InChI is InChI=1S/C30H36N4O8/c1-12(34(15-5-6-15)16-7-8-16)29(41)32-18-9-4-13-10-14-11-17-22(33(2)3)25(37)21(28(31)40)27(39)30(17,42)26(38)20(14)24(36)19(13)23(18)35/h4,9,12,14-17,22,35,37-38,42H,5-8,10-11H2,1-3H3,(H2,31,40)(H,32,41)/t12?,14?,17?,22-,30?/m0/s1. The number of likely N-dealkylation sites (N-methyl/N-ethyl adjacent to an activating group) is 1. The Morgan fingerprint density at radius 1 is 1.07 bits per heavy atom. The Hall–Kier alpha value is -3.74. The van der Waals surface area contributed by atoms with E-state index in [4.69, 9.17) is 5.73 Å². The first kappa shape index (κ1) is 28.4. The maximum atomic E-state index is 13.9. The van der Waals surface area contributed by atoms with Crippen molar-refractivity contribution in [2.24, 2.45) is 17.6 Å². The summed E-state index contributed by atoms with van der Waals surface area (Å²) in [5.74, 6) is -7.40. The van der Waals surface area contributed by atoms with Crippen LogP contribution >= 0.6 is 0 Å². The number of benzene rings is 1. The Kier molecular flexibility index (Phi) is 6.52. The monoisotopic (exact) mass is 580 g/mol. The number of anilines is 1. The Labute approximate surface area is 242 Å². The Bertz CT molecular complexity index is 1480. The van der Waals surface area contributed by atoms with Crippen molar-refractivity contribution in [1.82, 2.24) is 9.80 Å². The highest BCUT2D eigenvalue weighted by atomic mass is 16.3. The molecule has 4 unspecified atom stereocenters. The molecule has 12 heteroatoms. The molecule has 2 amide bonds. The van der Waals surface area contributed by atoms with Crippen LogP contribution < -0.4 is 11.1 Å². The number of fused-ring (bicyclic) bond motifs is 3. The molecule has 0 radical (unpaired) electrons. The second-order valence-corrected chi connectivity index (χ2v) is 12.5. The number of nitrogens with zero attached hydrogens (tertiary/aromatic N) is 2. The first-order valence-electron chi connectivity index (χ1n) is 14.4. The lowest BCUT2D eigenvalue weighted by Crippen LogP contribution is -2.63. The van der Waals surface area contributed by atoms with Crippen LogP contribution in [0.2, 0.25) is 0 Å². The van der Waals surface area contributed by atoms with E-state index in [0.29, 0.717) is 17.6 Å². The number of Topliss-reactive ketones (excluding diaryl/α,β-unsaturated/α-hetero) is 2. The van der Waals surface area contributed by atoms with Crippen molar-refractivity contribution in [3.63, 3.8) is 0 Å². The van der Waals surface area contributed by atoms with Gasteiger partial charge < -0.3 is 31.5 Å². The SMILES string of the molecule is CC(C(=O)Nc1ccc2c(c1O)C(=O)C1=C(O)C3(O)C(=O)C(C(N)=O)=C(O)[C@@H](N(C)C)C3CC1C2)N(C1CC1)C1CC1. The minimum Gasteiger partial charge on any atom is -0.510 e. The van der Waals surface area contributed by atoms with Gasteiger partial charge >= 0.3 is 0 Å². The molecule has 0 spiro atoms. The average Bonchev–Trinajstić information content (AvgIpc) is 3.84. The van der Waals surface area contributed by atoms with Gasteiger partial charge in [-0.3, -0.25) is 29.0 Å². The number of phenols is 1.